The Kier molecular flexibility index (Phi) is 4.34. The third-order valence-corrected chi connectivity index (χ3v) is 6.63. The molecule has 3 atom stereocenters. The molecule has 3 N–H and O–H groups in total. The van der Waals surface area contributed by atoms with E-state index in [9.17, 15) is 5.11 Å². The van der Waals surface area contributed by atoms with Gasteiger partial charge in [0.1, 0.15) is 0 Å². The van der Waals surface area contributed by atoms with Crippen molar-refractivity contribution < 1.29 is 5.11 Å². The number of hydrogen-bond donors (Lipinski definition) is 2. The van der Waals surface area contributed by atoms with Crippen LogP contribution in [0.15, 0.2) is 18.5 Å². The van der Waals surface area contributed by atoms with Crippen molar-refractivity contribution >= 4 is 11.0 Å². The number of nitrogens with zero attached hydrogens (tertiary/aromatic N) is 3. The summed E-state index contributed by atoms with van der Waals surface area (Å²) in [5.41, 5.74) is 11.1. The van der Waals surface area contributed by atoms with E-state index in [1.165, 1.54) is 30.4 Å². The Bertz CT molecular complexity index is 770. The Labute approximate surface area is 149 Å². The number of benzene rings is 1. The average Bonchev–Trinajstić information content (AvgIpc) is 3.21. The molecule has 1 aromatic heterocycles. The Morgan fingerprint density at radius 2 is 2.12 bits per heavy atom. The summed E-state index contributed by atoms with van der Waals surface area (Å²) in [5.74, 6) is 0.726. The van der Waals surface area contributed by atoms with Crippen LogP contribution >= 0.6 is 0 Å². The Morgan fingerprint density at radius 3 is 2.88 bits per heavy atom. The minimum absolute atomic E-state index is 0.316. The molecule has 1 unspecified atom stereocenters. The Morgan fingerprint density at radius 1 is 1.32 bits per heavy atom. The third kappa shape index (κ3) is 2.98. The second kappa shape index (κ2) is 6.38. The molecule has 1 aliphatic heterocycles. The van der Waals surface area contributed by atoms with Crippen molar-refractivity contribution in [3.05, 3.63) is 29.6 Å². The monoisotopic (exact) mass is 342 g/mol. The van der Waals surface area contributed by atoms with E-state index in [1.807, 2.05) is 6.33 Å². The summed E-state index contributed by atoms with van der Waals surface area (Å²) in [7, 11) is 0. The van der Waals surface area contributed by atoms with E-state index < -0.39 is 0 Å². The molecule has 0 radical (unpaired) electrons. The summed E-state index contributed by atoms with van der Waals surface area (Å²) < 4.78 is 2.09. The lowest BCUT2D eigenvalue weighted by atomic mass is 9.81. The van der Waals surface area contributed by atoms with Crippen molar-refractivity contribution in [3.63, 3.8) is 0 Å². The van der Waals surface area contributed by atoms with Crippen LogP contribution in [0.5, 0.6) is 0 Å². The molecule has 0 bridgehead atoms. The highest BCUT2D eigenvalue weighted by Gasteiger charge is 2.48. The van der Waals surface area contributed by atoms with Crippen LogP contribution in [0.4, 0.5) is 0 Å². The number of rotatable bonds is 5. The second-order valence-corrected chi connectivity index (χ2v) is 8.33. The largest absolute Gasteiger partial charge is 0.390 e. The van der Waals surface area contributed by atoms with Crippen LogP contribution in [-0.4, -0.2) is 51.8 Å². The van der Waals surface area contributed by atoms with Gasteiger partial charge in [-0.2, -0.15) is 0 Å². The first-order valence-electron chi connectivity index (χ1n) is 9.53. The highest BCUT2D eigenvalue weighted by atomic mass is 16.3. The topological polar surface area (TPSA) is 67.3 Å². The van der Waals surface area contributed by atoms with E-state index in [2.05, 4.69) is 40.4 Å². The highest BCUT2D eigenvalue weighted by Crippen LogP contribution is 2.47. The fraction of sp³-hybridized carbons (Fsp3) is 0.650. The number of aromatic nitrogens is 2. The minimum Gasteiger partial charge on any atom is -0.390 e. The van der Waals surface area contributed by atoms with Gasteiger partial charge in [0.2, 0.25) is 0 Å². The number of nitrogens with two attached hydrogens (primary N) is 1. The molecule has 5 nitrogen and oxygen atoms in total. The zero-order chi connectivity index (χ0) is 17.6. The molecular weight excluding hydrogens is 312 g/mol. The molecular formula is C20H30N4O. The summed E-state index contributed by atoms with van der Waals surface area (Å²) in [5, 5.41) is 10.7. The molecule has 25 heavy (non-hydrogen) atoms. The molecule has 2 aromatic rings. The lowest BCUT2D eigenvalue weighted by molar-refractivity contribution is 0.103. The Balaban J connectivity index is 1.43. The van der Waals surface area contributed by atoms with Crippen molar-refractivity contribution in [2.75, 3.05) is 26.2 Å². The molecule has 5 heteroatoms. The first-order chi connectivity index (χ1) is 12.0. The minimum atomic E-state index is -0.382. The van der Waals surface area contributed by atoms with Crippen LogP contribution in [0, 0.1) is 25.2 Å². The fourth-order valence-corrected chi connectivity index (χ4v) is 5.04. The first kappa shape index (κ1) is 17.0. The van der Waals surface area contributed by atoms with E-state index in [0.29, 0.717) is 12.0 Å². The predicted molar refractivity (Wildman–Crippen MR) is 100 cm³/mol. The maximum Gasteiger partial charge on any atom is 0.0959 e. The van der Waals surface area contributed by atoms with Gasteiger partial charge >= 0.3 is 0 Å². The number of β-amino-alcohol motifs (C(OH)–C–C–N with tert-alkyl or cyclic N) is 1. The van der Waals surface area contributed by atoms with Gasteiger partial charge in [-0.3, -0.25) is 4.90 Å². The van der Waals surface area contributed by atoms with E-state index in [4.69, 9.17) is 5.73 Å². The van der Waals surface area contributed by atoms with Crippen molar-refractivity contribution in [3.8, 4) is 0 Å². The summed E-state index contributed by atoms with van der Waals surface area (Å²) in [4.78, 5) is 6.92. The van der Waals surface area contributed by atoms with Crippen LogP contribution < -0.4 is 5.73 Å². The molecule has 1 aliphatic carbocycles. The zero-order valence-corrected chi connectivity index (χ0v) is 15.4. The molecule has 1 saturated carbocycles. The zero-order valence-electron chi connectivity index (χ0n) is 15.4. The van der Waals surface area contributed by atoms with Crippen molar-refractivity contribution in [1.29, 1.82) is 0 Å². The number of hydrogen-bond acceptors (Lipinski definition) is 4. The van der Waals surface area contributed by atoms with Gasteiger partial charge in [-0.05, 0) is 67.8 Å². The Hall–Kier alpha value is -1.43. The van der Waals surface area contributed by atoms with Crippen LogP contribution in [-0.2, 0) is 6.54 Å². The maximum absolute atomic E-state index is 10.7. The van der Waals surface area contributed by atoms with Crippen LogP contribution in [0.25, 0.3) is 11.0 Å². The second-order valence-electron chi connectivity index (χ2n) is 8.33. The standard InChI is InChI=1S/C20H30N4O/c1-14-6-18-19(7-15(14)2)24(13-22-18)10-17(25)9-23-8-16-4-3-5-20(16,11-21)12-23/h6-7,13,16-17,25H,3-5,8-12,21H2,1-2H3/t16-,17?,20-/m0/s1. The molecule has 2 fully saturated rings. The fourth-order valence-electron chi connectivity index (χ4n) is 5.04. The lowest BCUT2D eigenvalue weighted by Crippen LogP contribution is -2.37. The number of aryl methyl sites for hydroxylation is 2. The van der Waals surface area contributed by atoms with Gasteiger partial charge in [0.25, 0.3) is 0 Å². The number of fused-ring (bicyclic) bond motifs is 2. The number of likely N-dealkylation sites (tertiary alicyclic amines) is 1. The molecule has 2 aliphatic rings. The van der Waals surface area contributed by atoms with E-state index in [0.717, 1.165) is 43.1 Å². The molecule has 136 valence electrons. The first-order valence-corrected chi connectivity index (χ1v) is 9.53. The van der Waals surface area contributed by atoms with E-state index in [-0.39, 0.29) is 6.10 Å². The quantitative estimate of drug-likeness (QED) is 0.873. The van der Waals surface area contributed by atoms with Gasteiger partial charge in [-0.1, -0.05) is 6.42 Å². The van der Waals surface area contributed by atoms with Gasteiger partial charge in [-0.25, -0.2) is 4.98 Å². The number of aliphatic hydroxyl groups excluding tert-OH is 1. The number of imidazole rings is 1. The molecule has 2 heterocycles. The van der Waals surface area contributed by atoms with Gasteiger partial charge in [0.05, 0.1) is 30.0 Å². The SMILES string of the molecule is Cc1cc2ncn(CC(O)CN3C[C@@H]4CCC[C@]4(CN)C3)c2cc1C. The van der Waals surface area contributed by atoms with Gasteiger partial charge in [-0.15, -0.1) is 0 Å². The van der Waals surface area contributed by atoms with Crippen molar-refractivity contribution in [2.24, 2.45) is 17.1 Å². The van der Waals surface area contributed by atoms with Crippen molar-refractivity contribution in [1.82, 2.24) is 14.5 Å². The van der Waals surface area contributed by atoms with E-state index >= 15 is 0 Å². The third-order valence-electron chi connectivity index (χ3n) is 6.63. The summed E-state index contributed by atoms with van der Waals surface area (Å²) in [6.07, 6.45) is 5.35. The van der Waals surface area contributed by atoms with Crippen LogP contribution in [0.3, 0.4) is 0 Å². The summed E-state index contributed by atoms with van der Waals surface area (Å²) in [6, 6.07) is 4.30. The smallest absolute Gasteiger partial charge is 0.0959 e. The molecule has 1 aromatic carbocycles. The van der Waals surface area contributed by atoms with Crippen LogP contribution in [0.2, 0.25) is 0 Å². The highest BCUT2D eigenvalue weighted by molar-refractivity contribution is 5.77. The maximum atomic E-state index is 10.7. The van der Waals surface area contributed by atoms with Gasteiger partial charge in [0.15, 0.2) is 0 Å². The lowest BCUT2D eigenvalue weighted by Gasteiger charge is -2.27. The van der Waals surface area contributed by atoms with Gasteiger partial charge < -0.3 is 15.4 Å². The van der Waals surface area contributed by atoms with Gasteiger partial charge in [0, 0.05) is 19.6 Å². The summed E-state index contributed by atoms with van der Waals surface area (Å²) in [6.45, 7) is 8.48. The van der Waals surface area contributed by atoms with Crippen LogP contribution in [0.1, 0.15) is 30.4 Å². The normalized spacial score (nSPS) is 27.9. The molecule has 0 amide bonds. The molecule has 0 spiro atoms. The average molecular weight is 342 g/mol. The predicted octanol–water partition coefficient (Wildman–Crippen LogP) is 2.07. The van der Waals surface area contributed by atoms with E-state index in [1.54, 1.807) is 0 Å². The van der Waals surface area contributed by atoms with Crippen molar-refractivity contribution in [2.45, 2.75) is 45.8 Å². The number of aliphatic hydroxyl groups is 1. The summed E-state index contributed by atoms with van der Waals surface area (Å²) >= 11 is 0. The molecule has 1 saturated heterocycles. The molecule has 4 rings (SSSR count).